The molecule has 1 fully saturated rings. The summed E-state index contributed by atoms with van der Waals surface area (Å²) in [7, 11) is 0. The van der Waals surface area contributed by atoms with Crippen molar-refractivity contribution < 1.29 is 15.0 Å². The molecule has 34 valence electrons. The zero-order chi connectivity index (χ0) is 4.78. The van der Waals surface area contributed by atoms with Crippen molar-refractivity contribution in [2.45, 2.75) is 12.2 Å². The fourth-order valence-electron chi connectivity index (χ4n) is 0.180. The van der Waals surface area contributed by atoms with Crippen LogP contribution in [0.2, 0.25) is 0 Å². The predicted molar refractivity (Wildman–Crippen MR) is 16.8 cm³/mol. The molecular weight excluding hydrogens is 84.0 g/mol. The van der Waals surface area contributed by atoms with Gasteiger partial charge in [-0.1, -0.05) is 0 Å². The van der Waals surface area contributed by atoms with Gasteiger partial charge in [0.25, 0.3) is 0 Å². The van der Waals surface area contributed by atoms with E-state index in [4.69, 9.17) is 10.2 Å². The minimum absolute atomic E-state index is 0.0903. The van der Waals surface area contributed by atoms with Crippen LogP contribution < -0.4 is 0 Å². The Labute approximate surface area is 34.2 Å². The standard InChI is InChI=1S/C3H4O3/c4-2-1-3(2,5)6/h5-6H,1H2. The Kier molecular flexibility index (Phi) is 0.404. The molecule has 3 nitrogen and oxygen atoms in total. The van der Waals surface area contributed by atoms with Gasteiger partial charge in [-0.05, 0) is 0 Å². The summed E-state index contributed by atoms with van der Waals surface area (Å²) in [6.45, 7) is 0. The fourth-order valence-corrected chi connectivity index (χ4v) is 0.180. The van der Waals surface area contributed by atoms with Crippen molar-refractivity contribution in [3.8, 4) is 0 Å². The summed E-state index contributed by atoms with van der Waals surface area (Å²) in [6.07, 6.45) is -0.0903. The van der Waals surface area contributed by atoms with Gasteiger partial charge in [0.2, 0.25) is 5.79 Å². The van der Waals surface area contributed by atoms with Gasteiger partial charge in [-0.15, -0.1) is 0 Å². The van der Waals surface area contributed by atoms with Crippen LogP contribution in [0.3, 0.4) is 0 Å². The molecule has 0 aromatic rings. The number of carbonyl (C=O) groups excluding carboxylic acids is 1. The zero-order valence-electron chi connectivity index (χ0n) is 3.01. The first-order chi connectivity index (χ1) is 2.63. The lowest BCUT2D eigenvalue weighted by molar-refractivity contribution is -0.133. The van der Waals surface area contributed by atoms with Crippen LogP contribution in [0.5, 0.6) is 0 Å². The molecule has 0 radical (unpaired) electrons. The van der Waals surface area contributed by atoms with E-state index in [0.717, 1.165) is 0 Å². The predicted octanol–water partition coefficient (Wildman–Crippen LogP) is -1.36. The lowest BCUT2D eigenvalue weighted by atomic mass is 10.7. The van der Waals surface area contributed by atoms with Crippen molar-refractivity contribution in [1.29, 1.82) is 0 Å². The van der Waals surface area contributed by atoms with Crippen LogP contribution >= 0.6 is 0 Å². The van der Waals surface area contributed by atoms with E-state index in [9.17, 15) is 4.79 Å². The molecule has 2 N–H and O–H groups in total. The summed E-state index contributed by atoms with van der Waals surface area (Å²) in [4.78, 5) is 9.71. The minimum Gasteiger partial charge on any atom is -0.359 e. The maximum atomic E-state index is 9.71. The molecular formula is C3H4O3. The molecule has 0 saturated heterocycles. The highest BCUT2D eigenvalue weighted by atomic mass is 16.5. The summed E-state index contributed by atoms with van der Waals surface area (Å²) in [5.41, 5.74) is 0. The maximum absolute atomic E-state index is 9.71. The van der Waals surface area contributed by atoms with E-state index in [1.807, 2.05) is 0 Å². The molecule has 0 aromatic heterocycles. The molecule has 0 aromatic carbocycles. The van der Waals surface area contributed by atoms with E-state index in [-0.39, 0.29) is 6.42 Å². The summed E-state index contributed by atoms with van der Waals surface area (Å²) >= 11 is 0. The normalized spacial score (nSPS) is 27.3. The van der Waals surface area contributed by atoms with Crippen LogP contribution in [0.15, 0.2) is 0 Å². The molecule has 1 rings (SSSR count). The molecule has 6 heavy (non-hydrogen) atoms. The first kappa shape index (κ1) is 3.77. The van der Waals surface area contributed by atoms with Gasteiger partial charge >= 0.3 is 0 Å². The monoisotopic (exact) mass is 88.0 g/mol. The maximum Gasteiger partial charge on any atom is 0.231 e. The van der Waals surface area contributed by atoms with Crippen molar-refractivity contribution in [3.05, 3.63) is 0 Å². The number of carbonyl (C=O) groups is 1. The molecule has 0 atom stereocenters. The Morgan fingerprint density at radius 3 is 1.83 bits per heavy atom. The van der Waals surface area contributed by atoms with Crippen molar-refractivity contribution in [2.24, 2.45) is 0 Å². The molecule has 0 bridgehead atoms. The third-order valence-corrected chi connectivity index (χ3v) is 0.729. The number of ketones is 1. The molecule has 0 unspecified atom stereocenters. The molecule has 0 aliphatic heterocycles. The molecule has 0 spiro atoms. The zero-order valence-corrected chi connectivity index (χ0v) is 3.01. The lowest BCUT2D eigenvalue weighted by Gasteiger charge is -1.84. The molecule has 1 aliphatic rings. The minimum atomic E-state index is -1.93. The first-order valence-corrected chi connectivity index (χ1v) is 1.61. The van der Waals surface area contributed by atoms with E-state index in [1.165, 1.54) is 0 Å². The Hall–Kier alpha value is -0.410. The lowest BCUT2D eigenvalue weighted by Crippen LogP contribution is -2.06. The molecule has 1 saturated carbocycles. The second-order valence-electron chi connectivity index (χ2n) is 1.42. The van der Waals surface area contributed by atoms with E-state index >= 15 is 0 Å². The van der Waals surface area contributed by atoms with E-state index in [0.29, 0.717) is 0 Å². The third kappa shape index (κ3) is 0.326. The number of hydrogen-bond acceptors (Lipinski definition) is 3. The van der Waals surface area contributed by atoms with Crippen LogP contribution in [-0.4, -0.2) is 21.8 Å². The van der Waals surface area contributed by atoms with Gasteiger partial charge in [0.05, 0.1) is 6.42 Å². The summed E-state index contributed by atoms with van der Waals surface area (Å²) in [6, 6.07) is 0. The Balaban J connectivity index is 2.63. The van der Waals surface area contributed by atoms with Crippen molar-refractivity contribution >= 4 is 5.78 Å². The largest absolute Gasteiger partial charge is 0.359 e. The Bertz CT molecular complexity index is 94.2. The van der Waals surface area contributed by atoms with Gasteiger partial charge < -0.3 is 10.2 Å². The number of hydrogen-bond donors (Lipinski definition) is 2. The second-order valence-corrected chi connectivity index (χ2v) is 1.42. The highest BCUT2D eigenvalue weighted by Crippen LogP contribution is 2.25. The van der Waals surface area contributed by atoms with Gasteiger partial charge in [-0.3, -0.25) is 4.79 Å². The quantitative estimate of drug-likeness (QED) is 0.359. The highest BCUT2D eigenvalue weighted by molar-refractivity contribution is 6.01. The smallest absolute Gasteiger partial charge is 0.231 e. The van der Waals surface area contributed by atoms with E-state index in [1.54, 1.807) is 0 Å². The van der Waals surface area contributed by atoms with Gasteiger partial charge in [0.1, 0.15) is 0 Å². The van der Waals surface area contributed by atoms with Gasteiger partial charge in [0.15, 0.2) is 5.78 Å². The van der Waals surface area contributed by atoms with E-state index in [2.05, 4.69) is 0 Å². The van der Waals surface area contributed by atoms with Crippen molar-refractivity contribution in [2.75, 3.05) is 0 Å². The Morgan fingerprint density at radius 2 is 1.83 bits per heavy atom. The van der Waals surface area contributed by atoms with Crippen molar-refractivity contribution in [1.82, 2.24) is 0 Å². The highest BCUT2D eigenvalue weighted by Gasteiger charge is 2.50. The van der Waals surface area contributed by atoms with Crippen LogP contribution in [0.1, 0.15) is 6.42 Å². The summed E-state index contributed by atoms with van der Waals surface area (Å²) < 4.78 is 0. The molecule has 0 heterocycles. The van der Waals surface area contributed by atoms with Gasteiger partial charge in [0, 0.05) is 0 Å². The van der Waals surface area contributed by atoms with Crippen LogP contribution in [-0.2, 0) is 4.79 Å². The third-order valence-electron chi connectivity index (χ3n) is 0.729. The van der Waals surface area contributed by atoms with Crippen LogP contribution in [0, 0.1) is 0 Å². The molecule has 0 amide bonds. The topological polar surface area (TPSA) is 57.5 Å². The summed E-state index contributed by atoms with van der Waals surface area (Å²) in [5, 5.41) is 16.2. The van der Waals surface area contributed by atoms with Gasteiger partial charge in [-0.2, -0.15) is 0 Å². The first-order valence-electron chi connectivity index (χ1n) is 1.61. The Morgan fingerprint density at radius 1 is 1.67 bits per heavy atom. The average Bonchev–Trinajstić information content (AvgIpc) is 1.73. The van der Waals surface area contributed by atoms with Crippen LogP contribution in [0.4, 0.5) is 0 Å². The van der Waals surface area contributed by atoms with Gasteiger partial charge in [-0.25, -0.2) is 0 Å². The van der Waals surface area contributed by atoms with E-state index < -0.39 is 11.6 Å². The average molecular weight is 88.1 g/mol. The molecule has 3 heteroatoms. The fraction of sp³-hybridized carbons (Fsp3) is 0.667. The number of Topliss-reactive ketones (excluding diaryl/α,β-unsaturated/α-hetero) is 1. The van der Waals surface area contributed by atoms with Crippen LogP contribution in [0.25, 0.3) is 0 Å². The second kappa shape index (κ2) is 0.643. The summed E-state index contributed by atoms with van der Waals surface area (Å²) in [5.74, 6) is -2.41. The SMILES string of the molecule is O=C1CC1(O)O. The molecule has 1 aliphatic carbocycles. The van der Waals surface area contributed by atoms with Crippen molar-refractivity contribution in [3.63, 3.8) is 0 Å². The number of rotatable bonds is 0. The number of aliphatic hydroxyl groups is 2.